The molecule has 2 aromatic rings. The van der Waals surface area contributed by atoms with Crippen molar-refractivity contribution in [1.82, 2.24) is 0 Å². The minimum absolute atomic E-state index is 0.832. The molecule has 0 saturated carbocycles. The van der Waals surface area contributed by atoms with E-state index in [0.29, 0.717) is 0 Å². The lowest BCUT2D eigenvalue weighted by molar-refractivity contribution is 0.404. The van der Waals surface area contributed by atoms with Crippen LogP contribution in [-0.2, 0) is 6.42 Å². The second-order valence-electron chi connectivity index (χ2n) is 7.83. The molecule has 0 aliphatic heterocycles. The zero-order valence-electron chi connectivity index (χ0n) is 17.5. The highest BCUT2D eigenvalue weighted by Gasteiger charge is 2.10. The zero-order valence-corrected chi connectivity index (χ0v) is 17.5. The van der Waals surface area contributed by atoms with Crippen LogP contribution in [0.3, 0.4) is 0 Å². The van der Waals surface area contributed by atoms with Gasteiger partial charge in [-0.3, -0.25) is 0 Å². The Bertz CT molecular complexity index is 587. The molecular weight excluding hydrogens is 328 g/mol. The summed E-state index contributed by atoms with van der Waals surface area (Å²) in [6, 6.07) is 18.8. The van der Waals surface area contributed by atoms with Crippen LogP contribution in [0.25, 0.3) is 0 Å². The number of unbranched alkanes of at least 4 members (excludes halogenated alkanes) is 6. The van der Waals surface area contributed by atoms with E-state index in [0.717, 1.165) is 17.4 Å². The van der Waals surface area contributed by atoms with Crippen molar-refractivity contribution in [3.63, 3.8) is 0 Å². The summed E-state index contributed by atoms with van der Waals surface area (Å²) in [6.07, 6.45) is 15.0. The molecule has 1 nitrogen and oxygen atoms in total. The molecule has 148 valence electrons. The summed E-state index contributed by atoms with van der Waals surface area (Å²) in [5.41, 5.74) is 1.45. The van der Waals surface area contributed by atoms with Gasteiger partial charge in [0.15, 0.2) is 0 Å². The topological polar surface area (TPSA) is 9.23 Å². The van der Waals surface area contributed by atoms with Crippen molar-refractivity contribution in [2.24, 2.45) is 5.92 Å². The average molecular weight is 367 g/mol. The Morgan fingerprint density at radius 3 is 1.85 bits per heavy atom. The summed E-state index contributed by atoms with van der Waals surface area (Å²) in [5, 5.41) is 0. The molecule has 0 aliphatic rings. The SMILES string of the molecule is CCCCCCCC(CCCCC)Cc1ccc(Oc2ccccc2)cc1. The number of para-hydroxylation sites is 1. The van der Waals surface area contributed by atoms with E-state index >= 15 is 0 Å². The van der Waals surface area contributed by atoms with Crippen LogP contribution in [0.1, 0.15) is 83.6 Å². The van der Waals surface area contributed by atoms with Gasteiger partial charge in [0.1, 0.15) is 11.5 Å². The first kappa shape index (κ1) is 21.5. The van der Waals surface area contributed by atoms with Crippen molar-refractivity contribution in [2.75, 3.05) is 0 Å². The summed E-state index contributed by atoms with van der Waals surface area (Å²) in [7, 11) is 0. The van der Waals surface area contributed by atoms with E-state index in [2.05, 4.69) is 38.1 Å². The Hall–Kier alpha value is -1.76. The van der Waals surface area contributed by atoms with Gasteiger partial charge in [-0.15, -0.1) is 0 Å². The summed E-state index contributed by atoms with van der Waals surface area (Å²) in [6.45, 7) is 4.59. The normalized spacial score (nSPS) is 12.1. The van der Waals surface area contributed by atoms with Gasteiger partial charge in [-0.05, 0) is 42.2 Å². The van der Waals surface area contributed by atoms with E-state index in [1.807, 2.05) is 30.3 Å². The molecule has 0 N–H and O–H groups in total. The average Bonchev–Trinajstić information content (AvgIpc) is 2.70. The smallest absolute Gasteiger partial charge is 0.127 e. The maximum absolute atomic E-state index is 5.92. The largest absolute Gasteiger partial charge is 0.457 e. The van der Waals surface area contributed by atoms with Crippen molar-refractivity contribution < 1.29 is 4.74 Å². The molecule has 1 unspecified atom stereocenters. The number of hydrogen-bond donors (Lipinski definition) is 0. The Morgan fingerprint density at radius 2 is 1.19 bits per heavy atom. The van der Waals surface area contributed by atoms with Gasteiger partial charge in [-0.1, -0.05) is 108 Å². The maximum Gasteiger partial charge on any atom is 0.127 e. The van der Waals surface area contributed by atoms with E-state index < -0.39 is 0 Å². The Balaban J connectivity index is 1.84. The first-order valence-electron chi connectivity index (χ1n) is 11.1. The first-order valence-corrected chi connectivity index (χ1v) is 11.1. The van der Waals surface area contributed by atoms with Gasteiger partial charge in [0.25, 0.3) is 0 Å². The molecule has 0 bridgehead atoms. The van der Waals surface area contributed by atoms with Crippen LogP contribution >= 0.6 is 0 Å². The molecule has 1 heteroatoms. The monoisotopic (exact) mass is 366 g/mol. The van der Waals surface area contributed by atoms with Crippen molar-refractivity contribution in [1.29, 1.82) is 0 Å². The van der Waals surface area contributed by atoms with E-state index in [1.165, 1.54) is 76.2 Å². The van der Waals surface area contributed by atoms with E-state index in [-0.39, 0.29) is 0 Å². The minimum Gasteiger partial charge on any atom is -0.457 e. The van der Waals surface area contributed by atoms with Crippen LogP contribution in [-0.4, -0.2) is 0 Å². The van der Waals surface area contributed by atoms with Gasteiger partial charge in [-0.25, -0.2) is 0 Å². The molecule has 2 rings (SSSR count). The van der Waals surface area contributed by atoms with Gasteiger partial charge < -0.3 is 4.74 Å². The molecule has 0 radical (unpaired) electrons. The predicted octanol–water partition coefficient (Wildman–Crippen LogP) is 8.58. The quantitative estimate of drug-likeness (QED) is 0.304. The maximum atomic E-state index is 5.92. The van der Waals surface area contributed by atoms with Crippen LogP contribution < -0.4 is 4.74 Å². The van der Waals surface area contributed by atoms with Crippen molar-refractivity contribution in [2.45, 2.75) is 84.5 Å². The van der Waals surface area contributed by atoms with Gasteiger partial charge in [0.2, 0.25) is 0 Å². The Labute approximate surface area is 167 Å². The van der Waals surface area contributed by atoms with Crippen molar-refractivity contribution >= 4 is 0 Å². The molecule has 2 aromatic carbocycles. The highest BCUT2D eigenvalue weighted by Crippen LogP contribution is 2.25. The lowest BCUT2D eigenvalue weighted by Crippen LogP contribution is -2.05. The highest BCUT2D eigenvalue weighted by molar-refractivity contribution is 5.33. The third-order valence-corrected chi connectivity index (χ3v) is 5.36. The van der Waals surface area contributed by atoms with Crippen LogP contribution in [0.15, 0.2) is 54.6 Å². The van der Waals surface area contributed by atoms with Gasteiger partial charge >= 0.3 is 0 Å². The van der Waals surface area contributed by atoms with Gasteiger partial charge in [0.05, 0.1) is 0 Å². The molecule has 0 saturated heterocycles. The van der Waals surface area contributed by atoms with E-state index in [4.69, 9.17) is 4.74 Å². The van der Waals surface area contributed by atoms with Crippen LogP contribution in [0.5, 0.6) is 11.5 Å². The number of benzene rings is 2. The third kappa shape index (κ3) is 9.13. The molecule has 27 heavy (non-hydrogen) atoms. The zero-order chi connectivity index (χ0) is 19.2. The predicted molar refractivity (Wildman–Crippen MR) is 118 cm³/mol. The van der Waals surface area contributed by atoms with Crippen LogP contribution in [0.4, 0.5) is 0 Å². The molecule has 0 aromatic heterocycles. The number of hydrogen-bond acceptors (Lipinski definition) is 1. The van der Waals surface area contributed by atoms with Crippen molar-refractivity contribution in [3.05, 3.63) is 60.2 Å². The second-order valence-corrected chi connectivity index (χ2v) is 7.83. The second kappa shape index (κ2) is 13.4. The lowest BCUT2D eigenvalue weighted by atomic mass is 9.89. The Morgan fingerprint density at radius 1 is 0.630 bits per heavy atom. The highest BCUT2D eigenvalue weighted by atomic mass is 16.5. The van der Waals surface area contributed by atoms with E-state index in [1.54, 1.807) is 0 Å². The lowest BCUT2D eigenvalue weighted by Gasteiger charge is -2.17. The Kier molecular flexibility index (Phi) is 10.7. The standard InChI is InChI=1S/C26H38O/c1-3-5-7-8-11-15-23(14-10-6-4-2)22-24-18-20-26(21-19-24)27-25-16-12-9-13-17-25/h9,12-13,16-21,23H,3-8,10-11,14-15,22H2,1-2H3. The minimum atomic E-state index is 0.832. The van der Waals surface area contributed by atoms with E-state index in [9.17, 15) is 0 Å². The molecule has 0 spiro atoms. The summed E-state index contributed by atoms with van der Waals surface area (Å²) >= 11 is 0. The molecule has 1 atom stereocenters. The fourth-order valence-corrected chi connectivity index (χ4v) is 3.72. The molecule has 0 heterocycles. The van der Waals surface area contributed by atoms with Crippen LogP contribution in [0, 0.1) is 5.92 Å². The summed E-state index contributed by atoms with van der Waals surface area (Å²) in [5.74, 6) is 2.65. The summed E-state index contributed by atoms with van der Waals surface area (Å²) < 4.78 is 5.92. The fraction of sp³-hybridized carbons (Fsp3) is 0.538. The third-order valence-electron chi connectivity index (χ3n) is 5.36. The van der Waals surface area contributed by atoms with Gasteiger partial charge in [0, 0.05) is 0 Å². The fourth-order valence-electron chi connectivity index (χ4n) is 3.72. The summed E-state index contributed by atoms with van der Waals surface area (Å²) in [4.78, 5) is 0. The van der Waals surface area contributed by atoms with Crippen LogP contribution in [0.2, 0.25) is 0 Å². The molecule has 0 amide bonds. The number of ether oxygens (including phenoxy) is 1. The van der Waals surface area contributed by atoms with Gasteiger partial charge in [-0.2, -0.15) is 0 Å². The molecule has 0 aliphatic carbocycles. The first-order chi connectivity index (χ1) is 13.3. The van der Waals surface area contributed by atoms with Crippen molar-refractivity contribution in [3.8, 4) is 11.5 Å². The molecule has 0 fully saturated rings. The molecular formula is C26H38O. The number of rotatable bonds is 14.